The zero-order valence-electron chi connectivity index (χ0n) is 11.2. The Labute approximate surface area is 127 Å². The second-order valence-corrected chi connectivity index (χ2v) is 5.86. The van der Waals surface area contributed by atoms with E-state index in [-0.39, 0.29) is 0 Å². The molecule has 3 nitrogen and oxygen atoms in total. The fraction of sp³-hybridized carbons (Fsp3) is 0.250. The first kappa shape index (κ1) is 13.3. The van der Waals surface area contributed by atoms with Crippen molar-refractivity contribution >= 4 is 21.6 Å². The van der Waals surface area contributed by atoms with E-state index in [2.05, 4.69) is 52.4 Å². The number of benzene rings is 2. The zero-order chi connectivity index (χ0) is 13.9. The van der Waals surface area contributed by atoms with Gasteiger partial charge in [-0.05, 0) is 43.2 Å². The summed E-state index contributed by atoms with van der Waals surface area (Å²) in [7, 11) is 0. The van der Waals surface area contributed by atoms with Crippen LogP contribution in [0.5, 0.6) is 11.5 Å². The largest absolute Gasteiger partial charge is 0.454 e. The van der Waals surface area contributed by atoms with Gasteiger partial charge in [0.2, 0.25) is 6.79 Å². The Kier molecular flexibility index (Phi) is 3.83. The number of hydrogen-bond acceptors (Lipinski definition) is 3. The molecule has 0 radical (unpaired) electrons. The number of rotatable bonds is 4. The molecule has 1 atom stereocenters. The second kappa shape index (κ2) is 5.75. The first-order valence-corrected chi connectivity index (χ1v) is 7.40. The number of anilines is 1. The highest BCUT2D eigenvalue weighted by Gasteiger charge is 2.14. The summed E-state index contributed by atoms with van der Waals surface area (Å²) in [4.78, 5) is 0. The molecule has 3 rings (SSSR count). The molecule has 0 amide bonds. The maximum absolute atomic E-state index is 5.38. The van der Waals surface area contributed by atoms with Crippen LogP contribution in [-0.4, -0.2) is 12.8 Å². The van der Waals surface area contributed by atoms with E-state index >= 15 is 0 Å². The molecule has 1 aliphatic rings. The van der Waals surface area contributed by atoms with E-state index in [4.69, 9.17) is 9.47 Å². The van der Waals surface area contributed by atoms with Crippen LogP contribution in [0.25, 0.3) is 0 Å². The van der Waals surface area contributed by atoms with Crippen LogP contribution in [0.1, 0.15) is 12.5 Å². The lowest BCUT2D eigenvalue weighted by Gasteiger charge is -2.15. The summed E-state index contributed by atoms with van der Waals surface area (Å²) in [5, 5.41) is 3.49. The van der Waals surface area contributed by atoms with E-state index in [1.807, 2.05) is 18.2 Å². The maximum Gasteiger partial charge on any atom is 0.231 e. The van der Waals surface area contributed by atoms with E-state index < -0.39 is 0 Å². The predicted molar refractivity (Wildman–Crippen MR) is 83.5 cm³/mol. The van der Waals surface area contributed by atoms with E-state index in [1.165, 1.54) is 5.56 Å². The molecule has 0 aromatic heterocycles. The molecule has 2 aromatic rings. The van der Waals surface area contributed by atoms with Gasteiger partial charge < -0.3 is 14.8 Å². The minimum atomic E-state index is 0.313. The first-order valence-electron chi connectivity index (χ1n) is 6.61. The number of ether oxygens (including phenoxy) is 2. The normalized spacial score (nSPS) is 14.1. The minimum Gasteiger partial charge on any atom is -0.454 e. The molecule has 2 aromatic carbocycles. The summed E-state index contributed by atoms with van der Waals surface area (Å²) in [5.74, 6) is 1.63. The van der Waals surface area contributed by atoms with Crippen molar-refractivity contribution in [1.29, 1.82) is 0 Å². The monoisotopic (exact) mass is 333 g/mol. The Balaban J connectivity index is 1.63. The zero-order valence-corrected chi connectivity index (χ0v) is 12.8. The summed E-state index contributed by atoms with van der Waals surface area (Å²) in [6, 6.07) is 14.7. The molecule has 0 saturated carbocycles. The average molecular weight is 334 g/mol. The van der Waals surface area contributed by atoms with Gasteiger partial charge >= 0.3 is 0 Å². The molecule has 0 spiro atoms. The van der Waals surface area contributed by atoms with Crippen LogP contribution in [0.15, 0.2) is 46.9 Å². The average Bonchev–Trinajstić information content (AvgIpc) is 2.89. The lowest BCUT2D eigenvalue weighted by molar-refractivity contribution is 0.174. The van der Waals surface area contributed by atoms with Crippen LogP contribution in [0.2, 0.25) is 0 Å². The first-order chi connectivity index (χ1) is 9.70. The molecule has 1 heterocycles. The molecule has 0 aliphatic carbocycles. The standard InChI is InChI=1S/C16H16BrNO2/c1-11(8-12-2-4-13(17)5-3-12)18-14-6-7-15-16(9-14)20-10-19-15/h2-7,9,11,18H,8,10H2,1H3. The van der Waals surface area contributed by atoms with Crippen LogP contribution >= 0.6 is 15.9 Å². The van der Waals surface area contributed by atoms with Crippen LogP contribution in [0.4, 0.5) is 5.69 Å². The van der Waals surface area contributed by atoms with Gasteiger partial charge in [0, 0.05) is 22.3 Å². The third-order valence-corrected chi connectivity index (χ3v) is 3.77. The number of hydrogen-bond donors (Lipinski definition) is 1. The van der Waals surface area contributed by atoms with Crippen molar-refractivity contribution in [2.24, 2.45) is 0 Å². The summed E-state index contributed by atoms with van der Waals surface area (Å²) < 4.78 is 11.8. The third kappa shape index (κ3) is 3.07. The van der Waals surface area contributed by atoms with Gasteiger partial charge in [-0.2, -0.15) is 0 Å². The van der Waals surface area contributed by atoms with Crippen LogP contribution in [0.3, 0.4) is 0 Å². The van der Waals surface area contributed by atoms with Gasteiger partial charge in [0.1, 0.15) is 0 Å². The molecule has 1 N–H and O–H groups in total. The minimum absolute atomic E-state index is 0.313. The van der Waals surface area contributed by atoms with E-state index in [9.17, 15) is 0 Å². The van der Waals surface area contributed by atoms with Crippen molar-refractivity contribution in [1.82, 2.24) is 0 Å². The third-order valence-electron chi connectivity index (χ3n) is 3.24. The van der Waals surface area contributed by atoms with Crippen molar-refractivity contribution in [3.8, 4) is 11.5 Å². The topological polar surface area (TPSA) is 30.5 Å². The Hall–Kier alpha value is -1.68. The van der Waals surface area contributed by atoms with Crippen molar-refractivity contribution in [3.63, 3.8) is 0 Å². The maximum atomic E-state index is 5.38. The number of fused-ring (bicyclic) bond motifs is 1. The highest BCUT2D eigenvalue weighted by Crippen LogP contribution is 2.34. The fourth-order valence-electron chi connectivity index (χ4n) is 2.30. The smallest absolute Gasteiger partial charge is 0.231 e. The summed E-state index contributed by atoms with van der Waals surface area (Å²) in [6.07, 6.45) is 0.974. The van der Waals surface area contributed by atoms with E-state index in [0.29, 0.717) is 12.8 Å². The molecule has 1 aliphatic heterocycles. The molecule has 1 unspecified atom stereocenters. The molecule has 104 valence electrons. The summed E-state index contributed by atoms with van der Waals surface area (Å²) in [5.41, 5.74) is 2.37. The molecular weight excluding hydrogens is 318 g/mol. The van der Waals surface area contributed by atoms with Gasteiger partial charge in [-0.15, -0.1) is 0 Å². The van der Waals surface area contributed by atoms with Crippen LogP contribution in [0, 0.1) is 0 Å². The van der Waals surface area contributed by atoms with Crippen molar-refractivity contribution in [3.05, 3.63) is 52.5 Å². The van der Waals surface area contributed by atoms with E-state index in [0.717, 1.165) is 28.1 Å². The highest BCUT2D eigenvalue weighted by molar-refractivity contribution is 9.10. The van der Waals surface area contributed by atoms with Crippen molar-refractivity contribution in [2.45, 2.75) is 19.4 Å². The molecule has 4 heteroatoms. The molecule has 0 fully saturated rings. The quantitative estimate of drug-likeness (QED) is 0.908. The Morgan fingerprint density at radius 3 is 2.65 bits per heavy atom. The fourth-order valence-corrected chi connectivity index (χ4v) is 2.56. The molecule has 0 bridgehead atoms. The molecular formula is C16H16BrNO2. The Bertz CT molecular complexity index is 598. The molecule has 0 saturated heterocycles. The Morgan fingerprint density at radius 1 is 1.10 bits per heavy atom. The van der Waals surface area contributed by atoms with Crippen LogP contribution in [-0.2, 0) is 6.42 Å². The Morgan fingerprint density at radius 2 is 1.85 bits per heavy atom. The van der Waals surface area contributed by atoms with Gasteiger partial charge in [0.25, 0.3) is 0 Å². The summed E-state index contributed by atoms with van der Waals surface area (Å²) in [6.45, 7) is 2.49. The van der Waals surface area contributed by atoms with Crippen LogP contribution < -0.4 is 14.8 Å². The number of halogens is 1. The SMILES string of the molecule is CC(Cc1ccc(Br)cc1)Nc1ccc2c(c1)OCO2. The van der Waals surface area contributed by atoms with Gasteiger partial charge in [-0.25, -0.2) is 0 Å². The van der Waals surface area contributed by atoms with Gasteiger partial charge in [-0.3, -0.25) is 0 Å². The molecule has 20 heavy (non-hydrogen) atoms. The second-order valence-electron chi connectivity index (χ2n) is 4.94. The predicted octanol–water partition coefficient (Wildman–Crippen LogP) is 4.22. The lowest BCUT2D eigenvalue weighted by Crippen LogP contribution is -2.17. The van der Waals surface area contributed by atoms with E-state index in [1.54, 1.807) is 0 Å². The lowest BCUT2D eigenvalue weighted by atomic mass is 10.1. The highest BCUT2D eigenvalue weighted by atomic mass is 79.9. The summed E-state index contributed by atoms with van der Waals surface area (Å²) >= 11 is 3.45. The van der Waals surface area contributed by atoms with Gasteiger partial charge in [0.05, 0.1) is 0 Å². The van der Waals surface area contributed by atoms with Crippen molar-refractivity contribution < 1.29 is 9.47 Å². The van der Waals surface area contributed by atoms with Crippen molar-refractivity contribution in [2.75, 3.05) is 12.1 Å². The number of nitrogens with one attached hydrogen (secondary N) is 1. The van der Waals surface area contributed by atoms with Gasteiger partial charge in [-0.1, -0.05) is 28.1 Å². The van der Waals surface area contributed by atoms with Gasteiger partial charge in [0.15, 0.2) is 11.5 Å².